The van der Waals surface area contributed by atoms with Gasteiger partial charge in [0.15, 0.2) is 17.0 Å². The highest BCUT2D eigenvalue weighted by Gasteiger charge is 2.21. The highest BCUT2D eigenvalue weighted by molar-refractivity contribution is 5.82. The van der Waals surface area contributed by atoms with Crippen molar-refractivity contribution >= 4 is 17.0 Å². The summed E-state index contributed by atoms with van der Waals surface area (Å²) in [6.45, 7) is 1.59. The third-order valence-corrected chi connectivity index (χ3v) is 3.13. The molecule has 17 heavy (non-hydrogen) atoms. The van der Waals surface area contributed by atoms with E-state index in [9.17, 15) is 5.11 Å². The maximum absolute atomic E-state index is 9.50. The molecule has 7 nitrogen and oxygen atoms in total. The summed E-state index contributed by atoms with van der Waals surface area (Å²) in [7, 11) is 1.81. The smallest absolute Gasteiger partial charge is 0.183 e. The number of hydrogen-bond acceptors (Lipinski definition) is 6. The Balaban J connectivity index is 2.00. The number of aliphatic hydroxyl groups is 1. The second kappa shape index (κ2) is 3.92. The maximum atomic E-state index is 9.50. The molecular weight excluding hydrogens is 220 g/mol. The molecule has 0 unspecified atom stereocenters. The molecule has 1 saturated heterocycles. The van der Waals surface area contributed by atoms with Gasteiger partial charge in [-0.1, -0.05) is 5.21 Å². The van der Waals surface area contributed by atoms with Gasteiger partial charge in [0.05, 0.1) is 6.10 Å². The van der Waals surface area contributed by atoms with Crippen LogP contribution in [0.25, 0.3) is 11.2 Å². The first-order valence-corrected chi connectivity index (χ1v) is 5.69. The second-order valence-electron chi connectivity index (χ2n) is 4.30. The SMILES string of the molecule is Cn1nnc2c(N3CCC(O)CC3)ncnc21. The van der Waals surface area contributed by atoms with Gasteiger partial charge in [0.1, 0.15) is 6.33 Å². The van der Waals surface area contributed by atoms with E-state index < -0.39 is 0 Å². The normalized spacial score (nSPS) is 17.9. The van der Waals surface area contributed by atoms with Crippen molar-refractivity contribution in [2.75, 3.05) is 18.0 Å². The van der Waals surface area contributed by atoms with Crippen LogP contribution in [-0.4, -0.2) is 49.3 Å². The third kappa shape index (κ3) is 1.72. The fraction of sp³-hybridized carbons (Fsp3) is 0.600. The fourth-order valence-corrected chi connectivity index (χ4v) is 2.15. The summed E-state index contributed by atoms with van der Waals surface area (Å²) in [6.07, 6.45) is 2.88. The summed E-state index contributed by atoms with van der Waals surface area (Å²) in [5, 5.41) is 17.6. The molecule has 0 saturated carbocycles. The minimum Gasteiger partial charge on any atom is -0.393 e. The number of hydrogen-bond donors (Lipinski definition) is 1. The molecule has 0 aliphatic carbocycles. The van der Waals surface area contributed by atoms with Gasteiger partial charge in [0.2, 0.25) is 0 Å². The highest BCUT2D eigenvalue weighted by Crippen LogP contribution is 2.23. The van der Waals surface area contributed by atoms with Gasteiger partial charge < -0.3 is 10.0 Å². The number of aromatic nitrogens is 5. The number of aliphatic hydroxyl groups excluding tert-OH is 1. The number of aryl methyl sites for hydroxylation is 1. The van der Waals surface area contributed by atoms with Gasteiger partial charge in [-0.25, -0.2) is 14.6 Å². The van der Waals surface area contributed by atoms with E-state index in [-0.39, 0.29) is 6.10 Å². The highest BCUT2D eigenvalue weighted by atomic mass is 16.3. The average molecular weight is 234 g/mol. The first kappa shape index (κ1) is 10.4. The second-order valence-corrected chi connectivity index (χ2v) is 4.30. The molecule has 0 aromatic carbocycles. The van der Waals surface area contributed by atoms with Crippen molar-refractivity contribution in [3.63, 3.8) is 0 Å². The van der Waals surface area contributed by atoms with Crippen molar-refractivity contribution < 1.29 is 5.11 Å². The van der Waals surface area contributed by atoms with Crippen molar-refractivity contribution in [1.82, 2.24) is 25.0 Å². The molecule has 0 atom stereocenters. The maximum Gasteiger partial charge on any atom is 0.183 e. The van der Waals surface area contributed by atoms with E-state index in [1.165, 1.54) is 6.33 Å². The van der Waals surface area contributed by atoms with Crippen molar-refractivity contribution in [2.45, 2.75) is 18.9 Å². The molecular formula is C10H14N6O. The van der Waals surface area contributed by atoms with Crippen LogP contribution in [0.3, 0.4) is 0 Å². The zero-order chi connectivity index (χ0) is 11.8. The first-order valence-electron chi connectivity index (χ1n) is 5.69. The lowest BCUT2D eigenvalue weighted by Crippen LogP contribution is -2.36. The molecule has 3 heterocycles. The van der Waals surface area contributed by atoms with E-state index >= 15 is 0 Å². The van der Waals surface area contributed by atoms with E-state index in [0.29, 0.717) is 0 Å². The lowest BCUT2D eigenvalue weighted by Gasteiger charge is -2.30. The standard InChI is InChI=1S/C10H14N6O/c1-15-9-8(13-14-15)10(12-6-11-9)16-4-2-7(17)3-5-16/h6-7,17H,2-5H2,1H3. The molecule has 0 bridgehead atoms. The molecule has 1 N–H and O–H groups in total. The summed E-state index contributed by atoms with van der Waals surface area (Å²) in [5.41, 5.74) is 1.47. The van der Waals surface area contributed by atoms with Crippen LogP contribution < -0.4 is 4.90 Å². The summed E-state index contributed by atoms with van der Waals surface area (Å²) in [5.74, 6) is 0.815. The van der Waals surface area contributed by atoms with Crippen LogP contribution in [0.4, 0.5) is 5.82 Å². The summed E-state index contributed by atoms with van der Waals surface area (Å²) in [4.78, 5) is 10.6. The Morgan fingerprint density at radius 3 is 2.82 bits per heavy atom. The molecule has 1 fully saturated rings. The molecule has 1 aliphatic heterocycles. The van der Waals surface area contributed by atoms with E-state index in [1.54, 1.807) is 4.68 Å². The molecule has 0 amide bonds. The lowest BCUT2D eigenvalue weighted by atomic mass is 10.1. The minimum atomic E-state index is -0.189. The number of fused-ring (bicyclic) bond motifs is 1. The van der Waals surface area contributed by atoms with Gasteiger partial charge in [-0.05, 0) is 12.8 Å². The van der Waals surface area contributed by atoms with E-state index in [4.69, 9.17) is 0 Å². The number of anilines is 1. The minimum absolute atomic E-state index is 0.189. The first-order chi connectivity index (χ1) is 8.25. The summed E-state index contributed by atoms with van der Waals surface area (Å²) < 4.78 is 1.64. The number of piperidine rings is 1. The molecule has 0 spiro atoms. The summed E-state index contributed by atoms with van der Waals surface area (Å²) >= 11 is 0. The van der Waals surface area contributed by atoms with Crippen LogP contribution in [0.1, 0.15) is 12.8 Å². The Hall–Kier alpha value is -1.76. The van der Waals surface area contributed by atoms with Crippen LogP contribution in [0.2, 0.25) is 0 Å². The molecule has 2 aromatic rings. The molecule has 0 radical (unpaired) electrons. The Labute approximate surface area is 98.1 Å². The van der Waals surface area contributed by atoms with Crippen LogP contribution in [0, 0.1) is 0 Å². The predicted octanol–water partition coefficient (Wildman–Crippen LogP) is -0.281. The lowest BCUT2D eigenvalue weighted by molar-refractivity contribution is 0.145. The van der Waals surface area contributed by atoms with Crippen molar-refractivity contribution in [1.29, 1.82) is 0 Å². The Bertz CT molecular complexity index is 531. The van der Waals surface area contributed by atoms with Crippen LogP contribution >= 0.6 is 0 Å². The van der Waals surface area contributed by atoms with Crippen molar-refractivity contribution in [3.8, 4) is 0 Å². The van der Waals surface area contributed by atoms with Crippen LogP contribution in [0.5, 0.6) is 0 Å². The molecule has 1 aliphatic rings. The monoisotopic (exact) mass is 234 g/mol. The fourth-order valence-electron chi connectivity index (χ4n) is 2.15. The molecule has 7 heteroatoms. The van der Waals surface area contributed by atoms with Gasteiger partial charge in [-0.3, -0.25) is 0 Å². The van der Waals surface area contributed by atoms with Crippen molar-refractivity contribution in [2.24, 2.45) is 7.05 Å². The third-order valence-electron chi connectivity index (χ3n) is 3.13. The van der Waals surface area contributed by atoms with E-state index in [1.807, 2.05) is 7.05 Å². The van der Waals surface area contributed by atoms with Gasteiger partial charge in [-0.2, -0.15) is 0 Å². The average Bonchev–Trinajstić information content (AvgIpc) is 2.73. The van der Waals surface area contributed by atoms with Gasteiger partial charge >= 0.3 is 0 Å². The molecule has 3 rings (SSSR count). The Kier molecular flexibility index (Phi) is 2.40. The van der Waals surface area contributed by atoms with Crippen LogP contribution in [-0.2, 0) is 7.05 Å². The summed E-state index contributed by atoms with van der Waals surface area (Å²) in [6, 6.07) is 0. The van der Waals surface area contributed by atoms with Crippen molar-refractivity contribution in [3.05, 3.63) is 6.33 Å². The van der Waals surface area contributed by atoms with E-state index in [0.717, 1.165) is 42.9 Å². The van der Waals surface area contributed by atoms with Gasteiger partial charge in [0.25, 0.3) is 0 Å². The molecule has 90 valence electrons. The van der Waals surface area contributed by atoms with Crippen LogP contribution in [0.15, 0.2) is 6.33 Å². The quantitative estimate of drug-likeness (QED) is 0.731. The number of rotatable bonds is 1. The Morgan fingerprint density at radius 1 is 1.29 bits per heavy atom. The topological polar surface area (TPSA) is 80.0 Å². The van der Waals surface area contributed by atoms with E-state index in [2.05, 4.69) is 25.2 Å². The molecule has 2 aromatic heterocycles. The Morgan fingerprint density at radius 2 is 2.06 bits per heavy atom. The number of nitrogens with zero attached hydrogens (tertiary/aromatic N) is 6. The zero-order valence-electron chi connectivity index (χ0n) is 9.61. The predicted molar refractivity (Wildman–Crippen MR) is 61.6 cm³/mol. The zero-order valence-corrected chi connectivity index (χ0v) is 9.61. The van der Waals surface area contributed by atoms with Gasteiger partial charge in [0, 0.05) is 20.1 Å². The largest absolute Gasteiger partial charge is 0.393 e. The van der Waals surface area contributed by atoms with Gasteiger partial charge in [-0.15, -0.1) is 5.10 Å².